The first-order valence-electron chi connectivity index (χ1n) is 6.99. The number of aromatic carboxylic acids is 1. The molecule has 0 fully saturated rings. The van der Waals surface area contributed by atoms with Crippen LogP contribution in [0.1, 0.15) is 37.0 Å². The van der Waals surface area contributed by atoms with E-state index in [-0.39, 0.29) is 17.7 Å². The van der Waals surface area contributed by atoms with Gasteiger partial charge in [-0.2, -0.15) is 0 Å². The van der Waals surface area contributed by atoms with Crippen molar-refractivity contribution in [3.8, 4) is 0 Å². The van der Waals surface area contributed by atoms with Crippen LogP contribution in [0.3, 0.4) is 0 Å². The van der Waals surface area contributed by atoms with Gasteiger partial charge in [-0.1, -0.05) is 6.07 Å². The molecule has 0 heterocycles. The summed E-state index contributed by atoms with van der Waals surface area (Å²) < 4.78 is 5.40. The third-order valence-electron chi connectivity index (χ3n) is 2.68. The molecule has 2 amide bonds. The molecule has 0 aliphatic heterocycles. The average molecular weight is 294 g/mol. The molecule has 0 unspecified atom stereocenters. The first-order valence-corrected chi connectivity index (χ1v) is 6.99. The molecule has 0 spiro atoms. The molecule has 0 saturated carbocycles. The van der Waals surface area contributed by atoms with E-state index in [1.165, 1.54) is 12.1 Å². The van der Waals surface area contributed by atoms with Crippen LogP contribution in [-0.4, -0.2) is 36.4 Å². The summed E-state index contributed by atoms with van der Waals surface area (Å²) >= 11 is 0. The third kappa shape index (κ3) is 7.31. The second-order valence-electron chi connectivity index (χ2n) is 4.89. The number of urea groups is 1. The Morgan fingerprint density at radius 3 is 2.71 bits per heavy atom. The Kier molecular flexibility index (Phi) is 7.25. The van der Waals surface area contributed by atoms with E-state index >= 15 is 0 Å². The fourth-order valence-electron chi connectivity index (χ4n) is 1.65. The maximum Gasteiger partial charge on any atom is 0.335 e. The van der Waals surface area contributed by atoms with Crippen molar-refractivity contribution in [2.45, 2.75) is 32.8 Å². The number of carboxylic acid groups (broad SMARTS) is 1. The predicted octanol–water partition coefficient (Wildman–Crippen LogP) is 2.71. The van der Waals surface area contributed by atoms with Gasteiger partial charge >= 0.3 is 12.0 Å². The zero-order valence-corrected chi connectivity index (χ0v) is 12.4. The fraction of sp³-hybridized carbons (Fsp3) is 0.467. The number of nitrogens with one attached hydrogen (secondary N) is 2. The molecule has 0 saturated heterocycles. The van der Waals surface area contributed by atoms with E-state index in [1.54, 1.807) is 12.1 Å². The van der Waals surface area contributed by atoms with Crippen molar-refractivity contribution in [1.29, 1.82) is 0 Å². The summed E-state index contributed by atoms with van der Waals surface area (Å²) in [7, 11) is 0. The molecule has 1 aromatic carbocycles. The largest absolute Gasteiger partial charge is 0.478 e. The lowest BCUT2D eigenvalue weighted by Gasteiger charge is -2.09. The Balaban J connectivity index is 2.24. The molecule has 6 nitrogen and oxygen atoms in total. The van der Waals surface area contributed by atoms with Crippen molar-refractivity contribution in [2.75, 3.05) is 18.5 Å². The molecule has 116 valence electrons. The number of hydrogen-bond acceptors (Lipinski definition) is 3. The SMILES string of the molecule is CC(C)OCCCCNC(=O)Nc1cccc(C(=O)O)c1. The normalized spacial score (nSPS) is 10.4. The number of carboxylic acids is 1. The van der Waals surface area contributed by atoms with Crippen LogP contribution in [0.15, 0.2) is 24.3 Å². The second kappa shape index (κ2) is 8.97. The van der Waals surface area contributed by atoms with Gasteiger partial charge in [-0.25, -0.2) is 9.59 Å². The van der Waals surface area contributed by atoms with E-state index in [4.69, 9.17) is 9.84 Å². The molecular formula is C15H22N2O4. The summed E-state index contributed by atoms with van der Waals surface area (Å²) in [6.07, 6.45) is 1.94. The maximum atomic E-state index is 11.6. The van der Waals surface area contributed by atoms with Crippen molar-refractivity contribution in [2.24, 2.45) is 0 Å². The molecule has 0 bridgehead atoms. The van der Waals surface area contributed by atoms with E-state index in [9.17, 15) is 9.59 Å². The first kappa shape index (κ1) is 17.0. The summed E-state index contributed by atoms with van der Waals surface area (Å²) in [5.41, 5.74) is 0.592. The number of anilines is 1. The van der Waals surface area contributed by atoms with Crippen LogP contribution >= 0.6 is 0 Å². The van der Waals surface area contributed by atoms with E-state index in [0.717, 1.165) is 12.8 Å². The number of unbranched alkanes of at least 4 members (excludes halogenated alkanes) is 1. The number of hydrogen-bond donors (Lipinski definition) is 3. The van der Waals surface area contributed by atoms with Crippen molar-refractivity contribution in [3.05, 3.63) is 29.8 Å². The lowest BCUT2D eigenvalue weighted by molar-refractivity contribution is 0.0696. The van der Waals surface area contributed by atoms with Crippen LogP contribution in [0.5, 0.6) is 0 Å². The van der Waals surface area contributed by atoms with Gasteiger partial charge in [0.2, 0.25) is 0 Å². The molecule has 21 heavy (non-hydrogen) atoms. The minimum atomic E-state index is -1.02. The Labute approximate surface area is 124 Å². The van der Waals surface area contributed by atoms with E-state index in [1.807, 2.05) is 13.8 Å². The number of benzene rings is 1. The standard InChI is InChI=1S/C15H22N2O4/c1-11(2)21-9-4-3-8-16-15(20)17-13-7-5-6-12(10-13)14(18)19/h5-7,10-11H,3-4,8-9H2,1-2H3,(H,18,19)(H2,16,17,20). The van der Waals surface area contributed by atoms with Gasteiger partial charge in [-0.05, 0) is 44.9 Å². The minimum Gasteiger partial charge on any atom is -0.478 e. The molecule has 0 aromatic heterocycles. The number of carbonyl (C=O) groups is 2. The summed E-state index contributed by atoms with van der Waals surface area (Å²) in [6, 6.07) is 5.77. The minimum absolute atomic E-state index is 0.138. The maximum absolute atomic E-state index is 11.6. The monoisotopic (exact) mass is 294 g/mol. The zero-order valence-electron chi connectivity index (χ0n) is 12.4. The molecule has 1 rings (SSSR count). The van der Waals surface area contributed by atoms with Crippen LogP contribution in [0.4, 0.5) is 10.5 Å². The van der Waals surface area contributed by atoms with Crippen LogP contribution in [0.2, 0.25) is 0 Å². The molecule has 0 aliphatic rings. The number of rotatable bonds is 8. The van der Waals surface area contributed by atoms with Gasteiger partial charge < -0.3 is 20.5 Å². The number of amides is 2. The van der Waals surface area contributed by atoms with Crippen molar-refractivity contribution >= 4 is 17.7 Å². The highest BCUT2D eigenvalue weighted by Gasteiger charge is 2.05. The lowest BCUT2D eigenvalue weighted by atomic mass is 10.2. The van der Waals surface area contributed by atoms with Crippen LogP contribution in [0.25, 0.3) is 0 Å². The number of carbonyl (C=O) groups excluding carboxylic acids is 1. The highest BCUT2D eigenvalue weighted by molar-refractivity contribution is 5.93. The quantitative estimate of drug-likeness (QED) is 0.643. The Morgan fingerprint density at radius 2 is 2.05 bits per heavy atom. The molecular weight excluding hydrogens is 272 g/mol. The topological polar surface area (TPSA) is 87.7 Å². The molecule has 1 aromatic rings. The van der Waals surface area contributed by atoms with Gasteiger partial charge in [0, 0.05) is 18.8 Å². The number of ether oxygens (including phenoxy) is 1. The molecule has 0 atom stereocenters. The van der Waals surface area contributed by atoms with Crippen LogP contribution in [0, 0.1) is 0 Å². The zero-order chi connectivity index (χ0) is 15.7. The summed E-state index contributed by atoms with van der Waals surface area (Å²) in [5, 5.41) is 14.2. The highest BCUT2D eigenvalue weighted by atomic mass is 16.5. The van der Waals surface area contributed by atoms with Crippen LogP contribution in [-0.2, 0) is 4.74 Å². The Hall–Kier alpha value is -2.08. The van der Waals surface area contributed by atoms with Crippen LogP contribution < -0.4 is 10.6 Å². The van der Waals surface area contributed by atoms with Crippen molar-refractivity contribution in [1.82, 2.24) is 5.32 Å². The molecule has 3 N–H and O–H groups in total. The third-order valence-corrected chi connectivity index (χ3v) is 2.68. The molecule has 6 heteroatoms. The van der Waals surface area contributed by atoms with E-state index < -0.39 is 5.97 Å². The van der Waals surface area contributed by atoms with Gasteiger partial charge in [0.25, 0.3) is 0 Å². The summed E-state index contributed by atoms with van der Waals surface area (Å²) in [6.45, 7) is 5.20. The first-order chi connectivity index (χ1) is 9.99. The molecule has 0 aliphatic carbocycles. The van der Waals surface area contributed by atoms with Crippen molar-refractivity contribution in [3.63, 3.8) is 0 Å². The van der Waals surface area contributed by atoms with Gasteiger partial charge in [-0.3, -0.25) is 0 Å². The Morgan fingerprint density at radius 1 is 1.29 bits per heavy atom. The van der Waals surface area contributed by atoms with Gasteiger partial charge in [0.15, 0.2) is 0 Å². The smallest absolute Gasteiger partial charge is 0.335 e. The summed E-state index contributed by atoms with van der Waals surface area (Å²) in [4.78, 5) is 22.5. The van der Waals surface area contributed by atoms with E-state index in [0.29, 0.717) is 18.8 Å². The second-order valence-corrected chi connectivity index (χ2v) is 4.89. The summed E-state index contributed by atoms with van der Waals surface area (Å²) in [5.74, 6) is -1.02. The molecule has 0 radical (unpaired) electrons. The predicted molar refractivity (Wildman–Crippen MR) is 80.7 cm³/mol. The highest BCUT2D eigenvalue weighted by Crippen LogP contribution is 2.10. The van der Waals surface area contributed by atoms with Gasteiger partial charge in [-0.15, -0.1) is 0 Å². The van der Waals surface area contributed by atoms with Gasteiger partial charge in [0.1, 0.15) is 0 Å². The lowest BCUT2D eigenvalue weighted by Crippen LogP contribution is -2.29. The fourth-order valence-corrected chi connectivity index (χ4v) is 1.65. The van der Waals surface area contributed by atoms with Crippen molar-refractivity contribution < 1.29 is 19.4 Å². The van der Waals surface area contributed by atoms with E-state index in [2.05, 4.69) is 10.6 Å². The average Bonchev–Trinajstić information content (AvgIpc) is 2.42. The van der Waals surface area contributed by atoms with Gasteiger partial charge in [0.05, 0.1) is 11.7 Å². The Bertz CT molecular complexity index is 474.